The van der Waals surface area contributed by atoms with Crippen LogP contribution in [0.4, 0.5) is 5.82 Å². The van der Waals surface area contributed by atoms with Gasteiger partial charge in [0.2, 0.25) is 0 Å². The van der Waals surface area contributed by atoms with Crippen molar-refractivity contribution in [2.45, 2.75) is 13.8 Å². The molecule has 5 nitrogen and oxygen atoms in total. The maximum Gasteiger partial charge on any atom is 0.194 e. The average molecular weight is 321 g/mol. The van der Waals surface area contributed by atoms with Crippen molar-refractivity contribution in [2.24, 2.45) is 5.10 Å². The van der Waals surface area contributed by atoms with E-state index in [-0.39, 0.29) is 0 Å². The van der Waals surface area contributed by atoms with Gasteiger partial charge in [-0.05, 0) is 32.0 Å². The minimum atomic E-state index is 0.723. The first kappa shape index (κ1) is 13.9. The smallest absolute Gasteiger partial charge is 0.194 e. The zero-order chi connectivity index (χ0) is 15.8. The second-order valence-electron chi connectivity index (χ2n) is 5.34. The van der Waals surface area contributed by atoms with Crippen LogP contribution >= 0.6 is 11.3 Å². The molecular formula is C17H15N5S. The molecule has 0 atom stereocenters. The van der Waals surface area contributed by atoms with Gasteiger partial charge in [-0.25, -0.2) is 9.97 Å². The third-order valence-electron chi connectivity index (χ3n) is 3.72. The number of hydrogen-bond donors (Lipinski definition) is 1. The molecule has 0 aliphatic rings. The summed E-state index contributed by atoms with van der Waals surface area (Å²) in [5.41, 5.74) is 7.07. The summed E-state index contributed by atoms with van der Waals surface area (Å²) in [4.78, 5) is 10.1. The van der Waals surface area contributed by atoms with Gasteiger partial charge in [-0.2, -0.15) is 5.10 Å². The Morgan fingerprint density at radius 1 is 1.13 bits per heavy atom. The summed E-state index contributed by atoms with van der Waals surface area (Å²) in [6, 6.07) is 12.0. The molecule has 4 rings (SSSR count). The zero-order valence-corrected chi connectivity index (χ0v) is 13.6. The molecule has 114 valence electrons. The van der Waals surface area contributed by atoms with E-state index in [4.69, 9.17) is 0 Å². The summed E-state index contributed by atoms with van der Waals surface area (Å²) < 4.78 is 2.11. The second kappa shape index (κ2) is 5.48. The molecule has 0 saturated carbocycles. The molecule has 0 fully saturated rings. The number of hydrogen-bond acceptors (Lipinski definition) is 5. The van der Waals surface area contributed by atoms with E-state index >= 15 is 0 Å². The van der Waals surface area contributed by atoms with Crippen molar-refractivity contribution in [3.05, 3.63) is 58.9 Å². The minimum Gasteiger partial charge on any atom is -0.286 e. The summed E-state index contributed by atoms with van der Waals surface area (Å²) >= 11 is 1.64. The van der Waals surface area contributed by atoms with Crippen LogP contribution in [-0.2, 0) is 0 Å². The van der Waals surface area contributed by atoms with Crippen molar-refractivity contribution in [1.29, 1.82) is 0 Å². The molecule has 23 heavy (non-hydrogen) atoms. The first-order valence-electron chi connectivity index (χ1n) is 7.30. The fraction of sp³-hybridized carbons (Fsp3) is 0.118. The largest absolute Gasteiger partial charge is 0.286 e. The quantitative estimate of drug-likeness (QED) is 0.458. The minimum absolute atomic E-state index is 0.723. The lowest BCUT2D eigenvalue weighted by molar-refractivity contribution is 1.11. The van der Waals surface area contributed by atoms with Crippen molar-refractivity contribution in [2.75, 3.05) is 5.43 Å². The van der Waals surface area contributed by atoms with Crippen LogP contribution in [-0.4, -0.2) is 20.6 Å². The average Bonchev–Trinajstić information content (AvgIpc) is 3.07. The molecular weight excluding hydrogens is 306 g/mol. The number of rotatable bonds is 3. The third kappa shape index (κ3) is 2.47. The second-order valence-corrected chi connectivity index (χ2v) is 6.17. The van der Waals surface area contributed by atoms with Crippen molar-refractivity contribution < 1.29 is 0 Å². The van der Waals surface area contributed by atoms with Gasteiger partial charge in [0.15, 0.2) is 4.96 Å². The predicted molar refractivity (Wildman–Crippen MR) is 95.5 cm³/mol. The SMILES string of the molecule is Cc1nc2scc(C)n2c1/C=N/Nc1ccc2ccccc2n1. The number of anilines is 1. The van der Waals surface area contributed by atoms with E-state index in [1.54, 1.807) is 17.6 Å². The maximum absolute atomic E-state index is 4.55. The lowest BCUT2D eigenvalue weighted by Gasteiger charge is -2.02. The molecule has 4 aromatic rings. The number of fused-ring (bicyclic) bond motifs is 2. The van der Waals surface area contributed by atoms with Crippen LogP contribution in [0, 0.1) is 13.8 Å². The number of nitrogens with one attached hydrogen (secondary N) is 1. The maximum atomic E-state index is 4.55. The fourth-order valence-electron chi connectivity index (χ4n) is 2.57. The molecule has 3 aromatic heterocycles. The summed E-state index contributed by atoms with van der Waals surface area (Å²) in [5, 5.41) is 7.54. The van der Waals surface area contributed by atoms with E-state index in [9.17, 15) is 0 Å². The van der Waals surface area contributed by atoms with Gasteiger partial charge in [0, 0.05) is 16.5 Å². The van der Waals surface area contributed by atoms with E-state index in [0.717, 1.165) is 38.8 Å². The number of nitrogens with zero attached hydrogens (tertiary/aromatic N) is 4. The monoisotopic (exact) mass is 321 g/mol. The van der Waals surface area contributed by atoms with Gasteiger partial charge in [0.25, 0.3) is 0 Å². The number of thiazole rings is 1. The van der Waals surface area contributed by atoms with Crippen LogP contribution in [0.3, 0.4) is 0 Å². The molecule has 1 aromatic carbocycles. The van der Waals surface area contributed by atoms with E-state index in [0.29, 0.717) is 0 Å². The third-order valence-corrected chi connectivity index (χ3v) is 4.66. The zero-order valence-electron chi connectivity index (χ0n) is 12.8. The molecule has 0 spiro atoms. The van der Waals surface area contributed by atoms with Crippen LogP contribution in [0.1, 0.15) is 17.1 Å². The first-order valence-corrected chi connectivity index (χ1v) is 8.18. The number of para-hydroxylation sites is 1. The topological polar surface area (TPSA) is 54.6 Å². The first-order chi connectivity index (χ1) is 11.2. The Bertz CT molecular complexity index is 1030. The number of aryl methyl sites for hydroxylation is 2. The van der Waals surface area contributed by atoms with E-state index in [1.807, 2.05) is 43.3 Å². The number of pyridine rings is 1. The Morgan fingerprint density at radius 3 is 2.91 bits per heavy atom. The summed E-state index contributed by atoms with van der Waals surface area (Å²) in [6.45, 7) is 4.06. The van der Waals surface area contributed by atoms with E-state index in [2.05, 4.69) is 37.2 Å². The number of benzene rings is 1. The van der Waals surface area contributed by atoms with Crippen molar-refractivity contribution in [3.63, 3.8) is 0 Å². The summed E-state index contributed by atoms with van der Waals surface area (Å²) in [6.07, 6.45) is 1.80. The highest BCUT2D eigenvalue weighted by atomic mass is 32.1. The molecule has 0 unspecified atom stereocenters. The molecule has 0 bridgehead atoms. The lowest BCUT2D eigenvalue weighted by Crippen LogP contribution is -1.98. The summed E-state index contributed by atoms with van der Waals surface area (Å²) in [5.74, 6) is 0.723. The number of aromatic nitrogens is 3. The van der Waals surface area contributed by atoms with Gasteiger partial charge in [0.1, 0.15) is 5.82 Å². The van der Waals surface area contributed by atoms with Gasteiger partial charge in [-0.3, -0.25) is 9.83 Å². The standard InChI is InChI=1S/C17H15N5S/c1-11-10-23-17-19-12(2)15(22(11)17)9-18-21-16-8-7-13-5-3-4-6-14(13)20-16/h3-10H,1-2H3,(H,20,21)/b18-9+. The van der Waals surface area contributed by atoms with Crippen LogP contribution in [0.5, 0.6) is 0 Å². The predicted octanol–water partition coefficient (Wildman–Crippen LogP) is 4.01. The molecule has 0 amide bonds. The van der Waals surface area contributed by atoms with Crippen molar-refractivity contribution >= 4 is 39.2 Å². The molecule has 1 N–H and O–H groups in total. The highest BCUT2D eigenvalue weighted by Crippen LogP contribution is 2.19. The molecule has 0 radical (unpaired) electrons. The molecule has 0 saturated heterocycles. The highest BCUT2D eigenvalue weighted by molar-refractivity contribution is 7.15. The normalized spacial score (nSPS) is 11.7. The van der Waals surface area contributed by atoms with Crippen LogP contribution in [0.15, 0.2) is 46.9 Å². The molecule has 3 heterocycles. The van der Waals surface area contributed by atoms with E-state index < -0.39 is 0 Å². The molecule has 0 aliphatic carbocycles. The van der Waals surface area contributed by atoms with Crippen LogP contribution < -0.4 is 5.43 Å². The lowest BCUT2D eigenvalue weighted by atomic mass is 10.2. The van der Waals surface area contributed by atoms with Gasteiger partial charge >= 0.3 is 0 Å². The Balaban J connectivity index is 1.62. The summed E-state index contributed by atoms with van der Waals surface area (Å²) in [7, 11) is 0. The molecule has 0 aliphatic heterocycles. The Hall–Kier alpha value is -2.73. The van der Waals surface area contributed by atoms with Crippen molar-refractivity contribution in [1.82, 2.24) is 14.4 Å². The van der Waals surface area contributed by atoms with Gasteiger partial charge in [-0.1, -0.05) is 18.2 Å². The Morgan fingerprint density at radius 2 is 2.00 bits per heavy atom. The van der Waals surface area contributed by atoms with Crippen LogP contribution in [0.25, 0.3) is 15.9 Å². The molecule has 6 heteroatoms. The number of imidazole rings is 1. The van der Waals surface area contributed by atoms with Gasteiger partial charge in [-0.15, -0.1) is 11.3 Å². The van der Waals surface area contributed by atoms with Crippen LogP contribution in [0.2, 0.25) is 0 Å². The Kier molecular flexibility index (Phi) is 3.31. The number of hydrazone groups is 1. The van der Waals surface area contributed by atoms with Gasteiger partial charge in [0.05, 0.1) is 23.1 Å². The highest BCUT2D eigenvalue weighted by Gasteiger charge is 2.10. The van der Waals surface area contributed by atoms with E-state index in [1.165, 1.54) is 0 Å². The Labute approximate surface area is 137 Å². The van der Waals surface area contributed by atoms with Gasteiger partial charge < -0.3 is 0 Å². The van der Waals surface area contributed by atoms with Crippen molar-refractivity contribution in [3.8, 4) is 0 Å². The fourth-order valence-corrected chi connectivity index (χ4v) is 3.48.